The van der Waals surface area contributed by atoms with E-state index in [1.165, 1.54) is 0 Å². The van der Waals surface area contributed by atoms with Crippen molar-refractivity contribution in [3.8, 4) is 11.1 Å². The number of aliphatic hydroxyl groups excluding tert-OH is 1. The third kappa shape index (κ3) is 6.11. The number of amides is 2. The van der Waals surface area contributed by atoms with E-state index >= 15 is 0 Å². The van der Waals surface area contributed by atoms with Crippen LogP contribution in [0.3, 0.4) is 0 Å². The van der Waals surface area contributed by atoms with Crippen molar-refractivity contribution in [3.63, 3.8) is 0 Å². The molecule has 0 aliphatic rings. The highest BCUT2D eigenvalue weighted by atomic mass is 16.5. The third-order valence-corrected chi connectivity index (χ3v) is 5.84. The predicted molar refractivity (Wildman–Crippen MR) is 131 cm³/mol. The maximum absolute atomic E-state index is 13.1. The van der Waals surface area contributed by atoms with E-state index in [9.17, 15) is 19.5 Å². The number of hydrogen-bond donors (Lipinski definition) is 3. The summed E-state index contributed by atoms with van der Waals surface area (Å²) in [4.78, 5) is 37.9. The van der Waals surface area contributed by atoms with Crippen LogP contribution in [0, 0.1) is 11.8 Å². The van der Waals surface area contributed by atoms with Crippen molar-refractivity contribution in [2.45, 2.75) is 52.5 Å². The molecule has 7 heteroatoms. The van der Waals surface area contributed by atoms with Crippen LogP contribution in [0.1, 0.15) is 44.9 Å². The minimum absolute atomic E-state index is 0.0883. The highest BCUT2D eigenvalue weighted by Gasteiger charge is 2.38. The summed E-state index contributed by atoms with van der Waals surface area (Å²) in [6, 6.07) is 16.8. The Bertz CT molecular complexity index is 1100. The second-order valence-corrected chi connectivity index (χ2v) is 9.13. The van der Waals surface area contributed by atoms with Gasteiger partial charge >= 0.3 is 6.09 Å². The summed E-state index contributed by atoms with van der Waals surface area (Å²) in [5, 5.41) is 16.4. The number of rotatable bonds is 10. The molecule has 0 heterocycles. The number of aliphatic hydroxyl groups is 1. The summed E-state index contributed by atoms with van der Waals surface area (Å²) in [7, 11) is 0. The monoisotopic (exact) mass is 464 g/mol. The number of nitrogens with one attached hydrogen (secondary N) is 2. The fourth-order valence-corrected chi connectivity index (χ4v) is 3.83. The molecule has 0 aliphatic heterocycles. The minimum Gasteiger partial charge on any atom is -0.445 e. The fourth-order valence-electron chi connectivity index (χ4n) is 3.83. The summed E-state index contributed by atoms with van der Waals surface area (Å²) >= 11 is 0. The molecule has 0 radical (unpaired) electrons. The van der Waals surface area contributed by atoms with Crippen LogP contribution in [0.15, 0.2) is 65.5 Å². The number of benzene rings is 2. The van der Waals surface area contributed by atoms with Gasteiger partial charge in [0.1, 0.15) is 18.8 Å². The molecular weight excluding hydrogens is 432 g/mol. The van der Waals surface area contributed by atoms with Gasteiger partial charge < -0.3 is 20.5 Å². The fraction of sp³-hybridized carbons (Fsp3) is 0.370. The van der Waals surface area contributed by atoms with Crippen molar-refractivity contribution < 1.29 is 19.4 Å². The standard InChI is InChI=1S/C27H32N2O5/c1-16(2)22(25(31)21-20(24(21)30)19-13-9-6-10-14-19)28-26(32)23(17(3)4)29-27(33)34-15-18-11-7-5-8-12-18/h5-14,16-17,22-23,25,31H,15H2,1-4H3,(H,28,32)(H,29,33)/t22-,23-,25-/m0/s1. The second kappa shape index (κ2) is 11.1. The number of ether oxygens (including phenoxy) is 1. The maximum Gasteiger partial charge on any atom is 0.408 e. The van der Waals surface area contributed by atoms with Crippen LogP contribution >= 0.6 is 0 Å². The SMILES string of the molecule is CC(C)[C@H](NC(=O)OCc1ccccc1)C(=O)N[C@@H](C(C)C)[C@@H](O)c1c(-c2ccccc2)c1=O. The van der Waals surface area contributed by atoms with Crippen molar-refractivity contribution in [2.75, 3.05) is 0 Å². The number of alkyl carbamates (subject to hydrolysis) is 1. The molecule has 0 unspecified atom stereocenters. The summed E-state index contributed by atoms with van der Waals surface area (Å²) < 4.78 is 5.25. The molecule has 0 spiro atoms. The first-order chi connectivity index (χ1) is 16.2. The Morgan fingerprint density at radius 3 is 2.03 bits per heavy atom. The molecule has 3 aromatic rings. The molecule has 7 nitrogen and oxygen atoms in total. The highest BCUT2D eigenvalue weighted by molar-refractivity contribution is 5.86. The van der Waals surface area contributed by atoms with Crippen LogP contribution in [0.4, 0.5) is 4.79 Å². The first-order valence-corrected chi connectivity index (χ1v) is 11.5. The summed E-state index contributed by atoms with van der Waals surface area (Å²) in [6.07, 6.45) is -1.85. The van der Waals surface area contributed by atoms with E-state index in [4.69, 9.17) is 4.74 Å². The molecule has 0 fully saturated rings. The van der Waals surface area contributed by atoms with Gasteiger partial charge in [0.2, 0.25) is 5.91 Å². The number of carbonyl (C=O) groups excluding carboxylic acids is 2. The predicted octanol–water partition coefficient (Wildman–Crippen LogP) is 3.71. The lowest BCUT2D eigenvalue weighted by Gasteiger charge is -2.29. The molecule has 3 rings (SSSR count). The molecule has 34 heavy (non-hydrogen) atoms. The number of carbonyl (C=O) groups is 2. The Morgan fingerprint density at radius 1 is 0.882 bits per heavy atom. The van der Waals surface area contributed by atoms with E-state index in [0.29, 0.717) is 11.1 Å². The van der Waals surface area contributed by atoms with Gasteiger partial charge in [0, 0.05) is 11.1 Å². The van der Waals surface area contributed by atoms with Gasteiger partial charge in [-0.2, -0.15) is 0 Å². The molecule has 180 valence electrons. The zero-order valence-corrected chi connectivity index (χ0v) is 19.9. The van der Waals surface area contributed by atoms with E-state index in [-0.39, 0.29) is 23.9 Å². The van der Waals surface area contributed by atoms with Gasteiger partial charge in [-0.1, -0.05) is 88.4 Å². The van der Waals surface area contributed by atoms with Crippen LogP contribution in [0.5, 0.6) is 0 Å². The van der Waals surface area contributed by atoms with Crippen molar-refractivity contribution in [1.29, 1.82) is 0 Å². The van der Waals surface area contributed by atoms with Crippen molar-refractivity contribution >= 4 is 12.0 Å². The van der Waals surface area contributed by atoms with Gasteiger partial charge in [0.05, 0.1) is 6.04 Å². The van der Waals surface area contributed by atoms with E-state index in [1.807, 2.05) is 88.4 Å². The first kappa shape index (κ1) is 25.2. The second-order valence-electron chi connectivity index (χ2n) is 9.13. The van der Waals surface area contributed by atoms with Crippen LogP contribution in [0.2, 0.25) is 0 Å². The maximum atomic E-state index is 13.1. The molecule has 3 atom stereocenters. The normalized spacial score (nSPS) is 14.1. The van der Waals surface area contributed by atoms with Crippen LogP contribution in [0.25, 0.3) is 11.1 Å². The average molecular weight is 465 g/mol. The molecule has 2 amide bonds. The van der Waals surface area contributed by atoms with Gasteiger partial charge in [0.25, 0.3) is 0 Å². The zero-order valence-electron chi connectivity index (χ0n) is 19.9. The molecule has 0 saturated heterocycles. The van der Waals surface area contributed by atoms with Gasteiger partial charge in [0.15, 0.2) is 5.43 Å². The van der Waals surface area contributed by atoms with Gasteiger partial charge in [-0.3, -0.25) is 9.59 Å². The molecule has 0 aliphatic carbocycles. The number of hydrogen-bond acceptors (Lipinski definition) is 5. The third-order valence-electron chi connectivity index (χ3n) is 5.84. The quantitative estimate of drug-likeness (QED) is 0.424. The van der Waals surface area contributed by atoms with Crippen LogP contribution < -0.4 is 16.1 Å². The zero-order chi connectivity index (χ0) is 24.8. The van der Waals surface area contributed by atoms with E-state index < -0.39 is 30.2 Å². The Hall–Kier alpha value is -3.45. The molecule has 3 N–H and O–H groups in total. The minimum atomic E-state index is -1.15. The van der Waals surface area contributed by atoms with E-state index in [2.05, 4.69) is 10.6 Å². The Balaban J connectivity index is 1.66. The lowest BCUT2D eigenvalue weighted by atomic mass is 9.94. The summed E-state index contributed by atoms with van der Waals surface area (Å²) in [5.74, 6) is -0.829. The topological polar surface area (TPSA) is 105 Å². The Kier molecular flexibility index (Phi) is 8.23. The lowest BCUT2D eigenvalue weighted by molar-refractivity contribution is -0.126. The Morgan fingerprint density at radius 2 is 1.47 bits per heavy atom. The van der Waals surface area contributed by atoms with Gasteiger partial charge in [-0.15, -0.1) is 0 Å². The summed E-state index contributed by atoms with van der Waals surface area (Å²) in [6.45, 7) is 7.42. The summed E-state index contributed by atoms with van der Waals surface area (Å²) in [5.41, 5.74) is 2.21. The first-order valence-electron chi connectivity index (χ1n) is 11.5. The van der Waals surface area contributed by atoms with Crippen molar-refractivity contribution in [2.24, 2.45) is 11.8 Å². The average Bonchev–Trinajstić information content (AvgIpc) is 3.50. The molecule has 0 bridgehead atoms. The van der Waals surface area contributed by atoms with Gasteiger partial charge in [-0.05, 0) is 23.0 Å². The molecule has 0 saturated carbocycles. The lowest BCUT2D eigenvalue weighted by Crippen LogP contribution is -2.54. The smallest absolute Gasteiger partial charge is 0.408 e. The Labute approximate surface area is 199 Å². The van der Waals surface area contributed by atoms with Crippen LogP contribution in [-0.2, 0) is 16.1 Å². The van der Waals surface area contributed by atoms with Gasteiger partial charge in [-0.25, -0.2) is 4.79 Å². The van der Waals surface area contributed by atoms with Crippen molar-refractivity contribution in [1.82, 2.24) is 10.6 Å². The van der Waals surface area contributed by atoms with E-state index in [1.54, 1.807) is 0 Å². The van der Waals surface area contributed by atoms with Crippen LogP contribution in [-0.4, -0.2) is 29.2 Å². The largest absolute Gasteiger partial charge is 0.445 e. The molecule has 0 aromatic heterocycles. The van der Waals surface area contributed by atoms with E-state index in [0.717, 1.165) is 11.1 Å². The molecular formula is C27H32N2O5. The highest BCUT2D eigenvalue weighted by Crippen LogP contribution is 2.33. The molecule has 3 aromatic carbocycles. The van der Waals surface area contributed by atoms with Crippen molar-refractivity contribution in [3.05, 3.63) is 82.0 Å².